The minimum absolute atomic E-state index is 0.0274. The van der Waals surface area contributed by atoms with Crippen molar-refractivity contribution in [3.8, 4) is 17.2 Å². The van der Waals surface area contributed by atoms with Gasteiger partial charge in [0.05, 0.1) is 0 Å². The second-order valence-electron chi connectivity index (χ2n) is 7.76. The van der Waals surface area contributed by atoms with Crippen molar-refractivity contribution in [2.75, 3.05) is 0 Å². The quantitative estimate of drug-likeness (QED) is 0.335. The SMILES string of the molecule is FC(F)(F)Oc1cccc(B2OB(c3cccc(OC(F)(F)F)c3)OB(c3cccc(OC(F)(F)F)c3)O2)c1. The van der Waals surface area contributed by atoms with Gasteiger partial charge in [0, 0.05) is 0 Å². The summed E-state index contributed by atoms with van der Waals surface area (Å²) in [5.74, 6) is -1.89. The molecule has 0 aromatic heterocycles. The van der Waals surface area contributed by atoms with Crippen LogP contribution >= 0.6 is 0 Å². The highest BCUT2D eigenvalue weighted by atomic mass is 19.4. The Bertz CT molecular complexity index is 1130. The second kappa shape index (κ2) is 10.9. The van der Waals surface area contributed by atoms with E-state index in [1.165, 1.54) is 36.4 Å². The van der Waals surface area contributed by atoms with Crippen molar-refractivity contribution in [3.05, 3.63) is 72.8 Å². The minimum Gasteiger partial charge on any atom is -0.445 e. The number of ether oxygens (including phenoxy) is 3. The predicted molar refractivity (Wildman–Crippen MR) is 119 cm³/mol. The molecule has 4 rings (SSSR count). The van der Waals surface area contributed by atoms with Gasteiger partial charge in [0.15, 0.2) is 0 Å². The normalized spacial score (nSPS) is 14.8. The Morgan fingerprint density at radius 1 is 0.436 bits per heavy atom. The van der Waals surface area contributed by atoms with Gasteiger partial charge in [-0.2, -0.15) is 0 Å². The Kier molecular flexibility index (Phi) is 8.00. The lowest BCUT2D eigenvalue weighted by Gasteiger charge is -2.32. The molecule has 39 heavy (non-hydrogen) atoms. The summed E-state index contributed by atoms with van der Waals surface area (Å²) in [6, 6.07) is 13.3. The van der Waals surface area contributed by atoms with Gasteiger partial charge in [-0.25, -0.2) is 0 Å². The zero-order valence-electron chi connectivity index (χ0n) is 19.0. The second-order valence-corrected chi connectivity index (χ2v) is 7.76. The molecule has 0 spiro atoms. The van der Waals surface area contributed by atoms with Crippen molar-refractivity contribution in [3.63, 3.8) is 0 Å². The third-order valence-electron chi connectivity index (χ3n) is 4.83. The fourth-order valence-corrected chi connectivity index (χ4v) is 3.48. The molecule has 1 fully saturated rings. The van der Waals surface area contributed by atoms with Gasteiger partial charge < -0.3 is 27.9 Å². The molecule has 0 amide bonds. The Labute approximate surface area is 214 Å². The molecular weight excluding hydrogens is 552 g/mol. The first-order valence-electron chi connectivity index (χ1n) is 10.7. The lowest BCUT2D eigenvalue weighted by atomic mass is 9.61. The minimum atomic E-state index is -5.01. The third-order valence-corrected chi connectivity index (χ3v) is 4.83. The van der Waals surface area contributed by atoms with Crippen molar-refractivity contribution in [2.24, 2.45) is 0 Å². The summed E-state index contributed by atoms with van der Waals surface area (Å²) in [5, 5.41) is 0. The summed E-state index contributed by atoms with van der Waals surface area (Å²) in [6.07, 6.45) is -15.0. The van der Waals surface area contributed by atoms with E-state index >= 15 is 0 Å². The van der Waals surface area contributed by atoms with Crippen LogP contribution in [0.3, 0.4) is 0 Å². The number of rotatable bonds is 6. The lowest BCUT2D eigenvalue weighted by Crippen LogP contribution is -2.61. The van der Waals surface area contributed by atoms with Gasteiger partial charge in [0.1, 0.15) is 17.2 Å². The van der Waals surface area contributed by atoms with E-state index in [0.717, 1.165) is 36.4 Å². The van der Waals surface area contributed by atoms with Crippen LogP contribution in [0.25, 0.3) is 0 Å². The summed E-state index contributed by atoms with van der Waals surface area (Å²) in [5.41, 5.74) is -0.0821. The summed E-state index contributed by atoms with van der Waals surface area (Å²) in [7, 11) is -4.53. The van der Waals surface area contributed by atoms with Crippen molar-refractivity contribution < 1.29 is 67.4 Å². The van der Waals surface area contributed by atoms with Gasteiger partial charge in [0.25, 0.3) is 0 Å². The van der Waals surface area contributed by atoms with Crippen molar-refractivity contribution >= 4 is 37.7 Å². The maximum Gasteiger partial charge on any atom is 0.573 e. The van der Waals surface area contributed by atoms with Crippen LogP contribution in [-0.4, -0.2) is 40.4 Å². The van der Waals surface area contributed by atoms with Gasteiger partial charge in [-0.1, -0.05) is 36.4 Å². The van der Waals surface area contributed by atoms with Gasteiger partial charge >= 0.3 is 40.4 Å². The highest BCUT2D eigenvalue weighted by Gasteiger charge is 2.44. The topological polar surface area (TPSA) is 55.4 Å². The Balaban J connectivity index is 1.68. The molecular formula is C21H12B3F9O6. The van der Waals surface area contributed by atoms with E-state index in [2.05, 4.69) is 14.2 Å². The van der Waals surface area contributed by atoms with Crippen LogP contribution in [0.15, 0.2) is 72.8 Å². The smallest absolute Gasteiger partial charge is 0.445 e. The number of hydrogen-bond acceptors (Lipinski definition) is 6. The molecule has 0 radical (unpaired) electrons. The molecule has 0 atom stereocenters. The number of alkyl halides is 9. The van der Waals surface area contributed by atoms with E-state index in [9.17, 15) is 39.5 Å². The number of hydrogen-bond donors (Lipinski definition) is 0. The first-order valence-corrected chi connectivity index (χ1v) is 10.7. The van der Waals surface area contributed by atoms with E-state index < -0.39 is 57.7 Å². The van der Waals surface area contributed by atoms with Crippen LogP contribution < -0.4 is 30.6 Å². The van der Waals surface area contributed by atoms with Crippen LogP contribution in [-0.2, 0) is 13.7 Å². The molecule has 204 valence electrons. The highest BCUT2D eigenvalue weighted by Crippen LogP contribution is 2.25. The van der Waals surface area contributed by atoms with Gasteiger partial charge in [0.2, 0.25) is 0 Å². The van der Waals surface area contributed by atoms with Crippen molar-refractivity contribution in [2.45, 2.75) is 19.1 Å². The largest absolute Gasteiger partial charge is 0.573 e. The van der Waals surface area contributed by atoms with Crippen LogP contribution in [0, 0.1) is 0 Å². The maximum atomic E-state index is 12.7. The average Bonchev–Trinajstić information content (AvgIpc) is 2.81. The van der Waals surface area contributed by atoms with Gasteiger partial charge in [-0.15, -0.1) is 39.5 Å². The average molecular weight is 564 g/mol. The molecule has 1 aliphatic rings. The monoisotopic (exact) mass is 564 g/mol. The third kappa shape index (κ3) is 8.50. The van der Waals surface area contributed by atoms with Gasteiger partial charge in [-0.05, 0) is 52.8 Å². The molecule has 6 nitrogen and oxygen atoms in total. The lowest BCUT2D eigenvalue weighted by molar-refractivity contribution is -0.275. The van der Waals surface area contributed by atoms with Crippen LogP contribution in [0.2, 0.25) is 0 Å². The van der Waals surface area contributed by atoms with Crippen LogP contribution in [0.5, 0.6) is 17.2 Å². The summed E-state index contributed by atoms with van der Waals surface area (Å²) in [4.78, 5) is 0. The summed E-state index contributed by atoms with van der Waals surface area (Å²) >= 11 is 0. The van der Waals surface area contributed by atoms with Crippen LogP contribution in [0.4, 0.5) is 39.5 Å². The molecule has 1 heterocycles. The zero-order chi connectivity index (χ0) is 28.4. The zero-order valence-corrected chi connectivity index (χ0v) is 19.0. The van der Waals surface area contributed by atoms with E-state index in [-0.39, 0.29) is 16.4 Å². The van der Waals surface area contributed by atoms with E-state index in [1.807, 2.05) is 0 Å². The molecule has 0 bridgehead atoms. The maximum absolute atomic E-state index is 12.7. The highest BCUT2D eigenvalue weighted by molar-refractivity contribution is 6.87. The molecule has 0 aliphatic carbocycles. The van der Waals surface area contributed by atoms with Crippen LogP contribution in [0.1, 0.15) is 0 Å². The van der Waals surface area contributed by atoms with E-state index in [0.29, 0.717) is 0 Å². The Morgan fingerprint density at radius 3 is 0.923 bits per heavy atom. The summed E-state index contributed by atoms with van der Waals surface area (Å²) in [6.45, 7) is 0. The summed E-state index contributed by atoms with van der Waals surface area (Å²) < 4.78 is 143. The van der Waals surface area contributed by atoms with E-state index in [1.54, 1.807) is 0 Å². The first kappa shape index (κ1) is 28.5. The molecule has 0 N–H and O–H groups in total. The molecule has 1 aliphatic heterocycles. The fourth-order valence-electron chi connectivity index (χ4n) is 3.48. The van der Waals surface area contributed by atoms with E-state index in [4.69, 9.17) is 13.7 Å². The fraction of sp³-hybridized carbons (Fsp3) is 0.143. The molecule has 3 aromatic carbocycles. The standard InChI is InChI=1S/C21H12B3F9O6/c25-19(26,27)34-16-7-1-4-13(10-16)22-37-23(14-5-2-8-17(11-14)35-20(28,29)30)39-24(38-22)15-6-3-9-18(12-15)36-21(31,32)33/h1-12H. The van der Waals surface area contributed by atoms with Gasteiger partial charge in [-0.3, -0.25) is 0 Å². The first-order chi connectivity index (χ1) is 18.1. The Morgan fingerprint density at radius 2 is 0.692 bits per heavy atom. The molecule has 0 unspecified atom stereocenters. The Hall–Kier alpha value is -3.50. The predicted octanol–water partition coefficient (Wildman–Crippen LogP) is 3.93. The van der Waals surface area contributed by atoms with Crippen molar-refractivity contribution in [1.82, 2.24) is 0 Å². The number of benzene rings is 3. The molecule has 3 aromatic rings. The molecule has 0 saturated carbocycles. The van der Waals surface area contributed by atoms with Crippen molar-refractivity contribution in [1.29, 1.82) is 0 Å². The molecule has 1 saturated heterocycles. The molecule has 18 heteroatoms. The number of halogens is 9.